The fourth-order valence-electron chi connectivity index (χ4n) is 1.03. The number of carbonyl (C=O) groups is 3. The Bertz CT molecular complexity index is 379. The standard InChI is InChI=1S/C6H9O10P.4Na.4H/c7-3(8)1-6(5(11)12,2-4(9)10)16-17(13,14)15;;;;;;;;/h1-2H2,(H,7,8)(H,9,10)(H,11,12)(H2,13,14,15);;;;;;;;. The van der Waals surface area contributed by atoms with Crippen molar-refractivity contribution in [1.82, 2.24) is 0 Å². The summed E-state index contributed by atoms with van der Waals surface area (Å²) >= 11 is 0. The Morgan fingerprint density at radius 2 is 1.14 bits per heavy atom. The number of carboxylic acids is 3. The third kappa shape index (κ3) is 15.8. The van der Waals surface area contributed by atoms with Crippen LogP contribution < -0.4 is 0 Å². The van der Waals surface area contributed by atoms with Crippen LogP contribution in [0.5, 0.6) is 0 Å². The second-order valence-corrected chi connectivity index (χ2v) is 4.19. The van der Waals surface area contributed by atoms with Gasteiger partial charge in [-0.15, -0.1) is 0 Å². The van der Waals surface area contributed by atoms with E-state index in [0.29, 0.717) is 0 Å². The number of phosphoric ester groups is 1. The number of aliphatic carboxylic acids is 3. The molecule has 0 aliphatic carbocycles. The van der Waals surface area contributed by atoms with E-state index >= 15 is 0 Å². The van der Waals surface area contributed by atoms with Crippen LogP contribution in [0.2, 0.25) is 0 Å². The molecular formula is C6H13Na4O10P. The van der Waals surface area contributed by atoms with Gasteiger partial charge in [0.1, 0.15) is 0 Å². The van der Waals surface area contributed by atoms with Crippen molar-refractivity contribution in [2.24, 2.45) is 0 Å². The molecule has 0 bridgehead atoms. The summed E-state index contributed by atoms with van der Waals surface area (Å²) in [6.07, 6.45) is -2.81. The maximum atomic E-state index is 10.8. The third-order valence-corrected chi connectivity index (χ3v) is 2.14. The molecule has 0 aliphatic heterocycles. The number of hydrogen-bond acceptors (Lipinski definition) is 5. The molecule has 0 atom stereocenters. The van der Waals surface area contributed by atoms with E-state index in [9.17, 15) is 18.9 Å². The predicted molar refractivity (Wildman–Crippen MR) is 76.6 cm³/mol. The van der Waals surface area contributed by atoms with Crippen LogP contribution in [0.4, 0.5) is 0 Å². The third-order valence-electron chi connectivity index (χ3n) is 1.56. The summed E-state index contributed by atoms with van der Waals surface area (Å²) in [7, 11) is -5.36. The minimum absolute atomic E-state index is 0. The van der Waals surface area contributed by atoms with Gasteiger partial charge < -0.3 is 25.1 Å². The maximum absolute atomic E-state index is 10.8. The monoisotopic (exact) mass is 368 g/mol. The second-order valence-electron chi connectivity index (χ2n) is 3.02. The Labute approximate surface area is 207 Å². The summed E-state index contributed by atoms with van der Waals surface area (Å²) in [5.74, 6) is -5.64. The molecular weight excluding hydrogens is 355 g/mol. The molecule has 0 aromatic rings. The zero-order valence-corrected chi connectivity index (χ0v) is 9.03. The van der Waals surface area contributed by atoms with E-state index in [2.05, 4.69) is 4.52 Å². The van der Waals surface area contributed by atoms with Crippen molar-refractivity contribution in [3.8, 4) is 0 Å². The summed E-state index contributed by atoms with van der Waals surface area (Å²) in [6, 6.07) is 0. The van der Waals surface area contributed by atoms with Crippen LogP contribution in [-0.4, -0.2) is 167 Å². The molecule has 0 spiro atoms. The molecule has 0 heterocycles. The number of carboxylic acid groups (broad SMARTS) is 3. The SMILES string of the molecule is O=C(O)CC(CC(=O)O)(OP(=O)(O)O)C(=O)O.[NaH].[NaH].[NaH].[NaH]. The van der Waals surface area contributed by atoms with Crippen LogP contribution in [-0.2, 0) is 23.5 Å². The Balaban J connectivity index is -0.000000213. The van der Waals surface area contributed by atoms with Gasteiger partial charge >= 0.3 is 144 Å². The van der Waals surface area contributed by atoms with Gasteiger partial charge in [-0.25, -0.2) is 9.36 Å². The summed E-state index contributed by atoms with van der Waals surface area (Å²) in [4.78, 5) is 48.5. The molecule has 0 unspecified atom stereocenters. The normalized spacial score (nSPS) is 9.81. The van der Waals surface area contributed by atoms with E-state index in [1.807, 2.05) is 0 Å². The van der Waals surface area contributed by atoms with Crippen molar-refractivity contribution in [2.45, 2.75) is 18.4 Å². The van der Waals surface area contributed by atoms with Crippen LogP contribution >= 0.6 is 7.82 Å². The van der Waals surface area contributed by atoms with Crippen LogP contribution in [0.1, 0.15) is 12.8 Å². The minimum atomic E-state index is -5.36. The summed E-state index contributed by atoms with van der Waals surface area (Å²) in [5.41, 5.74) is -3.02. The van der Waals surface area contributed by atoms with Gasteiger partial charge in [-0.3, -0.25) is 14.1 Å². The first-order valence-corrected chi connectivity index (χ1v) is 5.45. The van der Waals surface area contributed by atoms with Gasteiger partial charge in [0.15, 0.2) is 5.60 Å². The van der Waals surface area contributed by atoms with Gasteiger partial charge in [0.2, 0.25) is 0 Å². The molecule has 0 radical (unpaired) electrons. The van der Waals surface area contributed by atoms with Crippen molar-refractivity contribution >= 4 is 144 Å². The van der Waals surface area contributed by atoms with Gasteiger partial charge in [0, 0.05) is 0 Å². The first-order valence-electron chi connectivity index (χ1n) is 3.92. The number of rotatable bonds is 7. The van der Waals surface area contributed by atoms with Crippen LogP contribution in [0.25, 0.3) is 0 Å². The Morgan fingerprint density at radius 1 is 0.857 bits per heavy atom. The van der Waals surface area contributed by atoms with Crippen LogP contribution in [0, 0.1) is 0 Å². The number of hydrogen-bond donors (Lipinski definition) is 5. The van der Waals surface area contributed by atoms with Gasteiger partial charge in [-0.2, -0.15) is 0 Å². The molecule has 0 aromatic heterocycles. The van der Waals surface area contributed by atoms with Crippen molar-refractivity contribution in [3.63, 3.8) is 0 Å². The molecule has 15 heteroatoms. The molecule has 0 saturated carbocycles. The Hall–Kier alpha value is 2.52. The van der Waals surface area contributed by atoms with Gasteiger partial charge in [-0.05, 0) is 0 Å². The van der Waals surface area contributed by atoms with Gasteiger partial charge in [-0.1, -0.05) is 0 Å². The van der Waals surface area contributed by atoms with Crippen LogP contribution in [0.3, 0.4) is 0 Å². The summed E-state index contributed by atoms with van der Waals surface area (Å²) < 4.78 is 14.4. The molecule has 0 aliphatic rings. The summed E-state index contributed by atoms with van der Waals surface area (Å²) in [6.45, 7) is 0. The van der Waals surface area contributed by atoms with Crippen molar-refractivity contribution < 1.29 is 48.6 Å². The molecule has 10 nitrogen and oxygen atoms in total. The second kappa shape index (κ2) is 14.8. The molecule has 0 aromatic carbocycles. The first-order chi connectivity index (χ1) is 7.48. The van der Waals surface area contributed by atoms with E-state index in [1.165, 1.54) is 0 Å². The van der Waals surface area contributed by atoms with Gasteiger partial charge in [0.25, 0.3) is 0 Å². The van der Waals surface area contributed by atoms with Crippen molar-refractivity contribution in [1.29, 1.82) is 0 Å². The molecule has 21 heavy (non-hydrogen) atoms. The van der Waals surface area contributed by atoms with E-state index < -0.39 is 44.2 Å². The first kappa shape index (κ1) is 34.8. The molecule has 0 amide bonds. The topological polar surface area (TPSA) is 179 Å². The molecule has 0 saturated heterocycles. The predicted octanol–water partition coefficient (Wildman–Crippen LogP) is -3.73. The zero-order chi connectivity index (χ0) is 13.9. The quantitative estimate of drug-likeness (QED) is 0.222. The Kier molecular flexibility index (Phi) is 24.6. The molecule has 106 valence electrons. The fraction of sp³-hybridized carbons (Fsp3) is 0.500. The van der Waals surface area contributed by atoms with E-state index in [0.717, 1.165) is 0 Å². The Morgan fingerprint density at radius 3 is 1.29 bits per heavy atom. The van der Waals surface area contributed by atoms with E-state index in [-0.39, 0.29) is 118 Å². The van der Waals surface area contributed by atoms with E-state index in [1.54, 1.807) is 0 Å². The fourth-order valence-corrected chi connectivity index (χ4v) is 1.70. The van der Waals surface area contributed by atoms with Gasteiger partial charge in [0.05, 0.1) is 12.8 Å². The van der Waals surface area contributed by atoms with E-state index in [4.69, 9.17) is 25.1 Å². The van der Waals surface area contributed by atoms with Crippen molar-refractivity contribution in [3.05, 3.63) is 0 Å². The van der Waals surface area contributed by atoms with Crippen LogP contribution in [0.15, 0.2) is 0 Å². The number of phosphoric acid groups is 1. The average molecular weight is 368 g/mol. The zero-order valence-electron chi connectivity index (χ0n) is 8.14. The van der Waals surface area contributed by atoms with Crippen molar-refractivity contribution in [2.75, 3.05) is 0 Å². The molecule has 5 N–H and O–H groups in total. The molecule has 0 rings (SSSR count). The summed E-state index contributed by atoms with van der Waals surface area (Å²) in [5, 5.41) is 25.5. The molecule has 0 fully saturated rings. The average Bonchev–Trinajstić information content (AvgIpc) is 1.96.